The molecule has 2 aromatic carbocycles. The Kier molecular flexibility index (Phi) is 6.30. The lowest BCUT2D eigenvalue weighted by atomic mass is 9.91. The average molecular weight is 364 g/mol. The van der Waals surface area contributed by atoms with E-state index in [-0.39, 0.29) is 5.97 Å². The highest BCUT2D eigenvalue weighted by atomic mass is 16.5. The molecule has 0 fully saturated rings. The van der Waals surface area contributed by atoms with Gasteiger partial charge in [0.25, 0.3) is 0 Å². The van der Waals surface area contributed by atoms with Gasteiger partial charge in [-0.1, -0.05) is 48.5 Å². The van der Waals surface area contributed by atoms with Crippen molar-refractivity contribution in [2.24, 2.45) is 0 Å². The van der Waals surface area contributed by atoms with Crippen LogP contribution >= 0.6 is 0 Å². The average Bonchev–Trinajstić information content (AvgIpc) is 2.69. The minimum atomic E-state index is -0.196. The molecule has 0 aliphatic carbocycles. The largest absolute Gasteiger partial charge is 0.463 e. The van der Waals surface area contributed by atoms with Crippen molar-refractivity contribution < 1.29 is 9.53 Å². The predicted molar refractivity (Wildman–Crippen MR) is 111 cm³/mol. The monoisotopic (exact) mass is 364 g/mol. The van der Waals surface area contributed by atoms with Crippen LogP contribution in [-0.4, -0.2) is 44.7 Å². The van der Waals surface area contributed by atoms with Crippen LogP contribution in [-0.2, 0) is 16.1 Å². The fourth-order valence-electron chi connectivity index (χ4n) is 3.62. The maximum Gasteiger partial charge on any atom is 0.335 e. The number of rotatable bonds is 6. The number of carbonyl (C=O) groups excluding carboxylic acids is 1. The number of ether oxygens (including phenoxy) is 1. The molecule has 27 heavy (non-hydrogen) atoms. The van der Waals surface area contributed by atoms with Gasteiger partial charge in [0.2, 0.25) is 0 Å². The van der Waals surface area contributed by atoms with E-state index in [0.717, 1.165) is 41.9 Å². The molecule has 0 saturated heterocycles. The van der Waals surface area contributed by atoms with E-state index in [0.29, 0.717) is 13.2 Å². The molecule has 0 N–H and O–H groups in total. The summed E-state index contributed by atoms with van der Waals surface area (Å²) in [6, 6.07) is 18.7. The summed E-state index contributed by atoms with van der Waals surface area (Å²) in [5.41, 5.74) is 5.42. The van der Waals surface area contributed by atoms with Crippen LogP contribution in [0.4, 0.5) is 5.69 Å². The highest BCUT2D eigenvalue weighted by molar-refractivity contribution is 6.00. The fraction of sp³-hybridized carbons (Fsp3) is 0.348. The van der Waals surface area contributed by atoms with Crippen LogP contribution in [0.3, 0.4) is 0 Å². The van der Waals surface area contributed by atoms with Gasteiger partial charge in [0, 0.05) is 45.0 Å². The topological polar surface area (TPSA) is 32.8 Å². The van der Waals surface area contributed by atoms with Crippen molar-refractivity contribution in [3.8, 4) is 0 Å². The van der Waals surface area contributed by atoms with Gasteiger partial charge in [-0.05, 0) is 30.5 Å². The van der Waals surface area contributed by atoms with Crippen LogP contribution in [0.15, 0.2) is 60.2 Å². The van der Waals surface area contributed by atoms with Crippen molar-refractivity contribution in [2.75, 3.05) is 38.7 Å². The number of para-hydroxylation sites is 1. The van der Waals surface area contributed by atoms with E-state index in [4.69, 9.17) is 4.74 Å². The molecule has 1 heterocycles. The lowest BCUT2D eigenvalue weighted by Gasteiger charge is -2.31. The molecule has 3 rings (SSSR count). The molecule has 4 heteroatoms. The summed E-state index contributed by atoms with van der Waals surface area (Å²) >= 11 is 0. The fourth-order valence-corrected chi connectivity index (χ4v) is 3.62. The maximum atomic E-state index is 12.7. The van der Waals surface area contributed by atoms with Crippen LogP contribution in [0.5, 0.6) is 0 Å². The molecule has 0 atom stereocenters. The van der Waals surface area contributed by atoms with Crippen molar-refractivity contribution in [1.82, 2.24) is 4.90 Å². The summed E-state index contributed by atoms with van der Waals surface area (Å²) in [5.74, 6) is -0.196. The van der Waals surface area contributed by atoms with Crippen LogP contribution in [0, 0.1) is 0 Å². The van der Waals surface area contributed by atoms with E-state index in [1.54, 1.807) is 0 Å². The van der Waals surface area contributed by atoms with Gasteiger partial charge >= 0.3 is 5.97 Å². The van der Waals surface area contributed by atoms with Gasteiger partial charge in [-0.3, -0.25) is 4.90 Å². The number of hydrogen-bond donors (Lipinski definition) is 0. The standard InChI is InChI=1S/C23H28N2O2/c1-4-27-23(26)21-17-25(16-18-10-6-5-7-11-18)15-14-19(21)20-12-8-9-13-22(20)24(2)3/h5-13H,4,14-17H2,1-3H3. The molecule has 0 aromatic heterocycles. The molecule has 1 aliphatic rings. The van der Waals surface area contributed by atoms with E-state index in [9.17, 15) is 4.79 Å². The molecule has 142 valence electrons. The van der Waals surface area contributed by atoms with Crippen molar-refractivity contribution >= 4 is 17.2 Å². The summed E-state index contributed by atoms with van der Waals surface area (Å²) in [5, 5.41) is 0. The molecule has 1 aliphatic heterocycles. The first kappa shape index (κ1) is 19.2. The summed E-state index contributed by atoms with van der Waals surface area (Å²) in [7, 11) is 4.07. The zero-order valence-electron chi connectivity index (χ0n) is 16.4. The van der Waals surface area contributed by atoms with Crippen LogP contribution in [0.1, 0.15) is 24.5 Å². The second-order valence-corrected chi connectivity index (χ2v) is 7.04. The molecule has 4 nitrogen and oxygen atoms in total. The zero-order valence-corrected chi connectivity index (χ0v) is 16.4. The van der Waals surface area contributed by atoms with Gasteiger partial charge in [0.1, 0.15) is 0 Å². The molecular formula is C23H28N2O2. The molecule has 0 unspecified atom stereocenters. The molecule has 2 aromatic rings. The van der Waals surface area contributed by atoms with E-state index in [2.05, 4.69) is 46.2 Å². The Hall–Kier alpha value is -2.59. The minimum Gasteiger partial charge on any atom is -0.463 e. The molecule has 0 spiro atoms. The Balaban J connectivity index is 1.94. The van der Waals surface area contributed by atoms with Crippen molar-refractivity contribution in [1.29, 1.82) is 0 Å². The van der Waals surface area contributed by atoms with Crippen LogP contribution in [0.25, 0.3) is 5.57 Å². The minimum absolute atomic E-state index is 0.196. The van der Waals surface area contributed by atoms with E-state index in [1.807, 2.05) is 39.2 Å². The van der Waals surface area contributed by atoms with Gasteiger partial charge in [-0.2, -0.15) is 0 Å². The van der Waals surface area contributed by atoms with E-state index < -0.39 is 0 Å². The summed E-state index contributed by atoms with van der Waals surface area (Å²) in [6.07, 6.45) is 0.839. The SMILES string of the molecule is CCOC(=O)C1=C(c2ccccc2N(C)C)CCN(Cc2ccccc2)C1. The first-order valence-corrected chi connectivity index (χ1v) is 9.52. The summed E-state index contributed by atoms with van der Waals surface area (Å²) in [6.45, 7) is 4.63. The second kappa shape index (κ2) is 8.87. The quantitative estimate of drug-likeness (QED) is 0.726. The summed E-state index contributed by atoms with van der Waals surface area (Å²) in [4.78, 5) is 17.2. The number of esters is 1. The van der Waals surface area contributed by atoms with Crippen molar-refractivity contribution in [3.05, 3.63) is 71.3 Å². The Morgan fingerprint density at radius 2 is 1.78 bits per heavy atom. The van der Waals surface area contributed by atoms with Gasteiger partial charge in [0.15, 0.2) is 0 Å². The third-order valence-corrected chi connectivity index (χ3v) is 4.91. The van der Waals surface area contributed by atoms with Crippen molar-refractivity contribution in [2.45, 2.75) is 19.9 Å². The second-order valence-electron chi connectivity index (χ2n) is 7.04. The van der Waals surface area contributed by atoms with Crippen molar-refractivity contribution in [3.63, 3.8) is 0 Å². The normalized spacial score (nSPS) is 14.9. The number of benzene rings is 2. The third-order valence-electron chi connectivity index (χ3n) is 4.91. The Morgan fingerprint density at radius 3 is 2.48 bits per heavy atom. The van der Waals surface area contributed by atoms with Gasteiger partial charge in [-0.25, -0.2) is 4.79 Å². The molecule has 0 bridgehead atoms. The van der Waals surface area contributed by atoms with Gasteiger partial charge in [0.05, 0.1) is 12.2 Å². The highest BCUT2D eigenvalue weighted by Gasteiger charge is 2.27. The third kappa shape index (κ3) is 4.58. The van der Waals surface area contributed by atoms with Gasteiger partial charge in [-0.15, -0.1) is 0 Å². The lowest BCUT2D eigenvalue weighted by Crippen LogP contribution is -2.34. The Bertz CT molecular complexity index is 812. The Morgan fingerprint density at radius 1 is 1.07 bits per heavy atom. The molecule has 0 amide bonds. The van der Waals surface area contributed by atoms with Crippen LogP contribution in [0.2, 0.25) is 0 Å². The first-order valence-electron chi connectivity index (χ1n) is 9.52. The smallest absolute Gasteiger partial charge is 0.335 e. The number of nitrogens with zero attached hydrogens (tertiary/aromatic N) is 2. The Labute approximate surface area is 162 Å². The van der Waals surface area contributed by atoms with E-state index >= 15 is 0 Å². The maximum absolute atomic E-state index is 12.7. The zero-order chi connectivity index (χ0) is 19.2. The molecule has 0 radical (unpaired) electrons. The first-order chi connectivity index (χ1) is 13.1. The number of anilines is 1. The highest BCUT2D eigenvalue weighted by Crippen LogP contribution is 2.34. The van der Waals surface area contributed by atoms with E-state index in [1.165, 1.54) is 5.56 Å². The molecular weight excluding hydrogens is 336 g/mol. The lowest BCUT2D eigenvalue weighted by molar-refractivity contribution is -0.138. The predicted octanol–water partition coefficient (Wildman–Crippen LogP) is 3.98. The van der Waals surface area contributed by atoms with Gasteiger partial charge < -0.3 is 9.64 Å². The summed E-state index contributed by atoms with van der Waals surface area (Å²) < 4.78 is 5.39. The number of carbonyl (C=O) groups is 1. The number of hydrogen-bond acceptors (Lipinski definition) is 4. The molecule has 0 saturated carbocycles. The van der Waals surface area contributed by atoms with Crippen LogP contribution < -0.4 is 4.90 Å².